The first-order valence-electron chi connectivity index (χ1n) is 19.9. The summed E-state index contributed by atoms with van der Waals surface area (Å²) in [4.78, 5) is 36.7. The number of likely N-dealkylation sites (tertiary alicyclic amines) is 1. The maximum atomic E-state index is 13.6. The summed E-state index contributed by atoms with van der Waals surface area (Å²) in [6, 6.07) is 17.0. The van der Waals surface area contributed by atoms with Gasteiger partial charge in [-0.2, -0.15) is 8.42 Å². The molecule has 312 valence electrons. The summed E-state index contributed by atoms with van der Waals surface area (Å²) in [5.74, 6) is 1.31. The number of ether oxygens (including phenoxy) is 3. The fraction of sp³-hybridized carbons (Fsp3) is 0.500. The predicted molar refractivity (Wildman–Crippen MR) is 221 cm³/mol. The first-order valence-corrected chi connectivity index (χ1v) is 21.8. The summed E-state index contributed by atoms with van der Waals surface area (Å²) in [5, 5.41) is 7.06. The minimum atomic E-state index is -4.47. The van der Waals surface area contributed by atoms with E-state index in [1.807, 2.05) is 65.0 Å². The molecule has 1 saturated heterocycles. The lowest BCUT2D eigenvalue weighted by atomic mass is 9.93. The van der Waals surface area contributed by atoms with E-state index in [0.29, 0.717) is 49.5 Å². The molecule has 4 heterocycles. The van der Waals surface area contributed by atoms with Crippen molar-refractivity contribution in [2.75, 3.05) is 25.0 Å². The van der Waals surface area contributed by atoms with Gasteiger partial charge in [0.1, 0.15) is 17.4 Å². The molecule has 6 rings (SSSR count). The molecular formula is C42H54ClN7O7S. The van der Waals surface area contributed by atoms with Crippen LogP contribution in [0.1, 0.15) is 102 Å². The third kappa shape index (κ3) is 11.4. The van der Waals surface area contributed by atoms with Crippen LogP contribution in [0, 0.1) is 11.8 Å². The number of anilines is 1. The van der Waals surface area contributed by atoms with Crippen molar-refractivity contribution in [2.24, 2.45) is 11.8 Å². The number of halogens is 1. The predicted octanol–water partition coefficient (Wildman–Crippen LogP) is 8.20. The van der Waals surface area contributed by atoms with Crippen molar-refractivity contribution in [3.63, 3.8) is 0 Å². The van der Waals surface area contributed by atoms with Gasteiger partial charge in [-0.1, -0.05) is 67.6 Å². The van der Waals surface area contributed by atoms with Gasteiger partial charge in [0.25, 0.3) is 15.9 Å². The highest BCUT2D eigenvalue weighted by atomic mass is 35.5. The molecule has 1 aliphatic carbocycles. The van der Waals surface area contributed by atoms with Crippen LogP contribution in [0.15, 0.2) is 71.9 Å². The van der Waals surface area contributed by atoms with Crippen LogP contribution in [0.3, 0.4) is 0 Å². The van der Waals surface area contributed by atoms with Gasteiger partial charge in [0, 0.05) is 30.9 Å². The molecule has 2 N–H and O–H groups in total. The van der Waals surface area contributed by atoms with Crippen molar-refractivity contribution in [3.8, 4) is 17.4 Å². The average molecular weight is 836 g/mol. The SMILES string of the molecule is CC(C)(C)OC(=O)N1C[C@@H](CCCNc2nc(S(=O)(=O)NC(=O)c3ccc(-n4ccc(OCCC5CCCC5)n4)nc3Cl)ccc2OCc2ccccc2)CC1(C)C. The number of pyridine rings is 2. The third-order valence-corrected chi connectivity index (χ3v) is 11.9. The third-order valence-electron chi connectivity index (χ3n) is 10.4. The molecule has 4 aromatic rings. The fourth-order valence-electron chi connectivity index (χ4n) is 7.46. The Morgan fingerprint density at radius 2 is 1.71 bits per heavy atom. The monoisotopic (exact) mass is 835 g/mol. The van der Waals surface area contributed by atoms with Gasteiger partial charge in [0.2, 0.25) is 5.88 Å². The van der Waals surface area contributed by atoms with Gasteiger partial charge < -0.3 is 24.4 Å². The summed E-state index contributed by atoms with van der Waals surface area (Å²) in [6.45, 7) is 11.5. The molecule has 1 aromatic carbocycles. The molecule has 2 aliphatic rings. The standard InChI is InChI=1S/C42H54ClN7O7S/c1-41(2,3)57-40(52)49-27-31(26-42(49,4)5)16-11-23-44-38-33(56-28-30-14-7-6-8-15-30)18-20-36(46-38)58(53,54)48-39(51)32-17-19-34(45-37(32)43)50-24-21-35(47-50)55-25-22-29-12-9-10-13-29/h6-8,14-15,17-21,24,29,31H,9-13,16,22-23,25-28H2,1-5H3,(H,44,46)(H,48,51)/t31-/m0/s1. The number of nitrogens with zero attached hydrogens (tertiary/aromatic N) is 5. The lowest BCUT2D eigenvalue weighted by Crippen LogP contribution is -2.45. The van der Waals surface area contributed by atoms with Crippen molar-refractivity contribution in [1.82, 2.24) is 29.4 Å². The highest BCUT2D eigenvalue weighted by Gasteiger charge is 2.42. The number of amides is 2. The lowest BCUT2D eigenvalue weighted by molar-refractivity contribution is 0.0130. The zero-order valence-corrected chi connectivity index (χ0v) is 35.4. The van der Waals surface area contributed by atoms with Crippen LogP contribution in [0.2, 0.25) is 5.15 Å². The number of hydrogen-bond acceptors (Lipinski definition) is 11. The molecule has 0 radical (unpaired) electrons. The minimum absolute atomic E-state index is 0.143. The van der Waals surface area contributed by atoms with Gasteiger partial charge in [-0.3, -0.25) is 4.79 Å². The van der Waals surface area contributed by atoms with Crippen LogP contribution in [-0.2, 0) is 21.4 Å². The molecule has 1 aliphatic heterocycles. The molecule has 1 atom stereocenters. The zero-order chi connectivity index (χ0) is 41.5. The first kappa shape index (κ1) is 42.7. The van der Waals surface area contributed by atoms with Crippen LogP contribution in [-0.4, -0.2) is 75.9 Å². The van der Waals surface area contributed by atoms with Crippen LogP contribution in [0.25, 0.3) is 5.82 Å². The van der Waals surface area contributed by atoms with Gasteiger partial charge in [0.05, 0.1) is 12.2 Å². The highest BCUT2D eigenvalue weighted by molar-refractivity contribution is 7.90. The number of carbonyl (C=O) groups excluding carboxylic acids is 2. The Morgan fingerprint density at radius 1 is 0.948 bits per heavy atom. The number of rotatable bonds is 16. The van der Waals surface area contributed by atoms with Crippen LogP contribution in [0.4, 0.5) is 10.6 Å². The Bertz CT molecular complexity index is 2150. The first-order chi connectivity index (χ1) is 27.6. The average Bonchev–Trinajstić information content (AvgIpc) is 3.93. The molecule has 2 fully saturated rings. The molecule has 58 heavy (non-hydrogen) atoms. The lowest BCUT2D eigenvalue weighted by Gasteiger charge is -2.33. The Balaban J connectivity index is 1.09. The Hall–Kier alpha value is -4.89. The maximum Gasteiger partial charge on any atom is 0.410 e. The van der Waals surface area contributed by atoms with Crippen molar-refractivity contribution >= 4 is 39.4 Å². The second kappa shape index (κ2) is 18.4. The smallest absolute Gasteiger partial charge is 0.410 e. The van der Waals surface area contributed by atoms with E-state index in [9.17, 15) is 18.0 Å². The zero-order valence-electron chi connectivity index (χ0n) is 33.9. The molecule has 16 heteroatoms. The summed E-state index contributed by atoms with van der Waals surface area (Å²) >= 11 is 6.42. The summed E-state index contributed by atoms with van der Waals surface area (Å²) in [6.07, 6.45) is 9.74. The molecular weight excluding hydrogens is 782 g/mol. The second-order valence-corrected chi connectivity index (χ2v) is 18.6. The number of carbonyl (C=O) groups is 2. The van der Waals surface area contributed by atoms with Crippen LogP contribution in [0.5, 0.6) is 11.6 Å². The molecule has 0 unspecified atom stereocenters. The van der Waals surface area contributed by atoms with Crippen molar-refractivity contribution in [2.45, 2.75) is 109 Å². The van der Waals surface area contributed by atoms with Crippen LogP contribution >= 0.6 is 11.6 Å². The number of aromatic nitrogens is 4. The van der Waals surface area contributed by atoms with Gasteiger partial charge in [-0.15, -0.1) is 5.10 Å². The summed E-state index contributed by atoms with van der Waals surface area (Å²) < 4.78 is 48.3. The van der Waals surface area contributed by atoms with Crippen molar-refractivity contribution in [3.05, 3.63) is 83.1 Å². The quantitative estimate of drug-likeness (QED) is 0.0825. The van der Waals surface area contributed by atoms with E-state index in [4.69, 9.17) is 25.8 Å². The Kier molecular flexibility index (Phi) is 13.5. The van der Waals surface area contributed by atoms with E-state index in [2.05, 4.69) is 25.1 Å². The highest BCUT2D eigenvalue weighted by Crippen LogP contribution is 2.36. The van der Waals surface area contributed by atoms with Crippen molar-refractivity contribution in [1.29, 1.82) is 0 Å². The molecule has 0 spiro atoms. The van der Waals surface area contributed by atoms with E-state index >= 15 is 0 Å². The molecule has 14 nitrogen and oxygen atoms in total. The number of nitrogens with one attached hydrogen (secondary N) is 2. The Morgan fingerprint density at radius 3 is 2.43 bits per heavy atom. The molecule has 3 aromatic heterocycles. The Labute approximate surface area is 346 Å². The largest absolute Gasteiger partial charge is 0.485 e. The number of hydrogen-bond donors (Lipinski definition) is 2. The summed E-state index contributed by atoms with van der Waals surface area (Å²) in [5.41, 5.74) is -0.152. The van der Waals surface area contributed by atoms with Crippen molar-refractivity contribution < 1.29 is 32.2 Å². The normalized spacial score (nSPS) is 16.9. The maximum absolute atomic E-state index is 13.6. The summed E-state index contributed by atoms with van der Waals surface area (Å²) in [7, 11) is -4.47. The van der Waals surface area contributed by atoms with Gasteiger partial charge in [-0.05, 0) is 102 Å². The van der Waals surface area contributed by atoms with Crippen LogP contribution < -0.4 is 19.5 Å². The van der Waals surface area contributed by atoms with Gasteiger partial charge >= 0.3 is 6.09 Å². The minimum Gasteiger partial charge on any atom is -0.485 e. The topological polar surface area (TPSA) is 167 Å². The van der Waals surface area contributed by atoms with E-state index < -0.39 is 26.6 Å². The van der Waals surface area contributed by atoms with E-state index in [1.165, 1.54) is 54.6 Å². The second-order valence-electron chi connectivity index (χ2n) is 16.6. The fourth-order valence-corrected chi connectivity index (χ4v) is 8.62. The molecule has 1 saturated carbocycles. The van der Waals surface area contributed by atoms with Gasteiger partial charge in [-0.25, -0.2) is 24.2 Å². The van der Waals surface area contributed by atoms with E-state index in [1.54, 1.807) is 17.2 Å². The number of sulfonamides is 1. The molecule has 2 amide bonds. The number of benzene rings is 1. The van der Waals surface area contributed by atoms with Gasteiger partial charge in [0.15, 0.2) is 22.4 Å². The van der Waals surface area contributed by atoms with E-state index in [-0.39, 0.29) is 40.7 Å². The molecule has 0 bridgehead atoms. The van der Waals surface area contributed by atoms with E-state index in [0.717, 1.165) is 24.8 Å².